The van der Waals surface area contributed by atoms with E-state index in [0.29, 0.717) is 17.0 Å². The minimum Gasteiger partial charge on any atom is -0.481 e. The number of carboxylic acid groups (broad SMARTS) is 1. The number of rotatable bonds is 5. The number of aliphatic carboxylic acids is 1. The Bertz CT molecular complexity index is 435. The molecule has 0 unspecified atom stereocenters. The zero-order valence-corrected chi connectivity index (χ0v) is 9.83. The van der Waals surface area contributed by atoms with Gasteiger partial charge in [0.15, 0.2) is 0 Å². The van der Waals surface area contributed by atoms with E-state index in [1.807, 2.05) is 0 Å². The van der Waals surface area contributed by atoms with Crippen LogP contribution >= 0.6 is 11.6 Å². The number of carbonyl (C=O) groups is 2. The summed E-state index contributed by atoms with van der Waals surface area (Å²) in [6, 6.07) is 4.79. The van der Waals surface area contributed by atoms with Crippen LogP contribution in [0.25, 0.3) is 0 Å². The van der Waals surface area contributed by atoms with E-state index < -0.39 is 5.97 Å². The molecule has 0 aliphatic rings. The number of nitrogens with one attached hydrogen (secondary N) is 1. The number of anilines is 1. The molecule has 0 saturated carbocycles. The summed E-state index contributed by atoms with van der Waals surface area (Å²) >= 11 is 5.78. The summed E-state index contributed by atoms with van der Waals surface area (Å²) in [6.45, 7) is 0.289. The third-order valence-electron chi connectivity index (χ3n) is 2.15. The summed E-state index contributed by atoms with van der Waals surface area (Å²) in [5.41, 5.74) is 6.17. The summed E-state index contributed by atoms with van der Waals surface area (Å²) in [4.78, 5) is 21.9. The van der Waals surface area contributed by atoms with Crippen molar-refractivity contribution >= 4 is 29.2 Å². The lowest BCUT2D eigenvalue weighted by atomic mass is 10.1. The van der Waals surface area contributed by atoms with Crippen LogP contribution in [0.3, 0.4) is 0 Å². The maximum Gasteiger partial charge on any atom is 0.303 e. The number of carbonyl (C=O) groups excluding carboxylic acids is 1. The fourth-order valence-electron chi connectivity index (χ4n) is 1.27. The van der Waals surface area contributed by atoms with E-state index in [0.717, 1.165) is 0 Å². The predicted molar refractivity (Wildman–Crippen MR) is 65.1 cm³/mol. The molecule has 0 aliphatic carbocycles. The van der Waals surface area contributed by atoms with E-state index in [1.54, 1.807) is 18.2 Å². The van der Waals surface area contributed by atoms with Gasteiger partial charge in [-0.1, -0.05) is 17.7 Å². The molecule has 0 spiro atoms. The van der Waals surface area contributed by atoms with Crippen LogP contribution in [0, 0.1) is 0 Å². The summed E-state index contributed by atoms with van der Waals surface area (Å²) in [5, 5.41) is 11.3. The minimum atomic E-state index is -0.887. The van der Waals surface area contributed by atoms with Gasteiger partial charge in [0.25, 0.3) is 5.91 Å². The molecule has 0 saturated heterocycles. The number of halogens is 1. The van der Waals surface area contributed by atoms with Crippen molar-refractivity contribution in [3.63, 3.8) is 0 Å². The third-order valence-corrected chi connectivity index (χ3v) is 2.48. The highest BCUT2D eigenvalue weighted by Gasteiger charge is 2.10. The van der Waals surface area contributed by atoms with E-state index >= 15 is 0 Å². The molecule has 17 heavy (non-hydrogen) atoms. The van der Waals surface area contributed by atoms with E-state index in [-0.39, 0.29) is 24.6 Å². The van der Waals surface area contributed by atoms with Crippen LogP contribution in [-0.4, -0.2) is 23.5 Å². The lowest BCUT2D eigenvalue weighted by Crippen LogP contribution is -2.25. The lowest BCUT2D eigenvalue weighted by molar-refractivity contribution is -0.137. The second-order valence-corrected chi connectivity index (χ2v) is 3.86. The normalized spacial score (nSPS) is 9.94. The number of nitrogen functional groups attached to an aromatic ring is 1. The van der Waals surface area contributed by atoms with Crippen LogP contribution in [0.1, 0.15) is 23.2 Å². The van der Waals surface area contributed by atoms with Gasteiger partial charge >= 0.3 is 5.97 Å². The number of para-hydroxylation sites is 1. The zero-order valence-electron chi connectivity index (χ0n) is 9.07. The molecule has 4 N–H and O–H groups in total. The maximum atomic E-state index is 11.7. The topological polar surface area (TPSA) is 92.4 Å². The van der Waals surface area contributed by atoms with Gasteiger partial charge in [-0.3, -0.25) is 9.59 Å². The van der Waals surface area contributed by atoms with Gasteiger partial charge in [-0.25, -0.2) is 0 Å². The van der Waals surface area contributed by atoms with Gasteiger partial charge in [-0.2, -0.15) is 0 Å². The van der Waals surface area contributed by atoms with Gasteiger partial charge in [0.05, 0.1) is 16.3 Å². The summed E-state index contributed by atoms with van der Waals surface area (Å²) in [6.07, 6.45) is 0.396. The molecule has 1 aromatic carbocycles. The molecular formula is C11H13ClN2O3. The molecule has 1 amide bonds. The van der Waals surface area contributed by atoms with Gasteiger partial charge in [0.1, 0.15) is 0 Å². The maximum absolute atomic E-state index is 11.7. The van der Waals surface area contributed by atoms with Crippen molar-refractivity contribution < 1.29 is 14.7 Å². The molecule has 0 aliphatic heterocycles. The molecule has 0 radical (unpaired) electrons. The van der Waals surface area contributed by atoms with Crippen LogP contribution in [0.4, 0.5) is 5.69 Å². The Kier molecular flexibility index (Phi) is 4.78. The molecule has 5 nitrogen and oxygen atoms in total. The van der Waals surface area contributed by atoms with Crippen molar-refractivity contribution in [2.75, 3.05) is 12.3 Å². The highest BCUT2D eigenvalue weighted by Crippen LogP contribution is 2.22. The number of hydrogen-bond donors (Lipinski definition) is 3. The zero-order chi connectivity index (χ0) is 12.8. The molecule has 92 valence electrons. The molecule has 6 heteroatoms. The van der Waals surface area contributed by atoms with Crippen molar-refractivity contribution in [1.82, 2.24) is 5.32 Å². The first-order chi connectivity index (χ1) is 8.02. The van der Waals surface area contributed by atoms with Crippen LogP contribution in [0.15, 0.2) is 18.2 Å². The van der Waals surface area contributed by atoms with Crippen molar-refractivity contribution in [1.29, 1.82) is 0 Å². The third kappa shape index (κ3) is 3.96. The average molecular weight is 257 g/mol. The van der Waals surface area contributed by atoms with E-state index in [9.17, 15) is 9.59 Å². The first-order valence-corrected chi connectivity index (χ1v) is 5.44. The number of nitrogens with two attached hydrogens (primary N) is 1. The van der Waals surface area contributed by atoms with E-state index in [1.165, 1.54) is 0 Å². The Morgan fingerprint density at radius 1 is 1.41 bits per heavy atom. The molecule has 0 bridgehead atoms. The largest absolute Gasteiger partial charge is 0.481 e. The van der Waals surface area contributed by atoms with Crippen molar-refractivity contribution in [3.8, 4) is 0 Å². The Hall–Kier alpha value is -1.75. The molecule has 0 aromatic heterocycles. The number of benzene rings is 1. The van der Waals surface area contributed by atoms with Crippen molar-refractivity contribution in [2.45, 2.75) is 12.8 Å². The van der Waals surface area contributed by atoms with Crippen LogP contribution in [0.5, 0.6) is 0 Å². The number of carboxylic acids is 1. The van der Waals surface area contributed by atoms with Crippen LogP contribution < -0.4 is 11.1 Å². The van der Waals surface area contributed by atoms with Gasteiger partial charge in [0, 0.05) is 13.0 Å². The second-order valence-electron chi connectivity index (χ2n) is 3.45. The van der Waals surface area contributed by atoms with Gasteiger partial charge in [0.2, 0.25) is 0 Å². The van der Waals surface area contributed by atoms with Crippen LogP contribution in [-0.2, 0) is 4.79 Å². The minimum absolute atomic E-state index is 0.0192. The van der Waals surface area contributed by atoms with Crippen molar-refractivity contribution in [3.05, 3.63) is 28.8 Å². The molecular weight excluding hydrogens is 244 g/mol. The Morgan fingerprint density at radius 2 is 2.12 bits per heavy atom. The Morgan fingerprint density at radius 3 is 2.76 bits per heavy atom. The van der Waals surface area contributed by atoms with E-state index in [2.05, 4.69) is 5.32 Å². The quantitative estimate of drug-likeness (QED) is 0.550. The summed E-state index contributed by atoms with van der Waals surface area (Å²) in [7, 11) is 0. The molecule has 0 fully saturated rings. The molecule has 0 atom stereocenters. The second kappa shape index (κ2) is 6.10. The Balaban J connectivity index is 2.53. The highest BCUT2D eigenvalue weighted by molar-refractivity contribution is 6.33. The van der Waals surface area contributed by atoms with Gasteiger partial charge < -0.3 is 16.2 Å². The SMILES string of the molecule is Nc1c(Cl)cccc1C(=O)NCCCC(=O)O. The first kappa shape index (κ1) is 13.3. The van der Waals surface area contributed by atoms with Gasteiger partial charge in [-0.15, -0.1) is 0 Å². The summed E-state index contributed by atoms with van der Waals surface area (Å²) in [5.74, 6) is -1.24. The molecule has 0 heterocycles. The molecule has 1 aromatic rings. The lowest BCUT2D eigenvalue weighted by Gasteiger charge is -2.07. The monoisotopic (exact) mass is 256 g/mol. The van der Waals surface area contributed by atoms with Crippen molar-refractivity contribution in [2.24, 2.45) is 0 Å². The van der Waals surface area contributed by atoms with Crippen LogP contribution in [0.2, 0.25) is 5.02 Å². The standard InChI is InChI=1S/C11H13ClN2O3/c12-8-4-1-3-7(10(8)13)11(17)14-6-2-5-9(15)16/h1,3-4H,2,5-6,13H2,(H,14,17)(H,15,16). The highest BCUT2D eigenvalue weighted by atomic mass is 35.5. The molecule has 1 rings (SSSR count). The van der Waals surface area contributed by atoms with E-state index in [4.69, 9.17) is 22.4 Å². The number of amides is 1. The Labute approximate surface area is 104 Å². The summed E-state index contributed by atoms with van der Waals surface area (Å²) < 4.78 is 0. The fraction of sp³-hybridized carbons (Fsp3) is 0.273. The smallest absolute Gasteiger partial charge is 0.303 e. The number of hydrogen-bond acceptors (Lipinski definition) is 3. The van der Waals surface area contributed by atoms with Gasteiger partial charge in [-0.05, 0) is 18.6 Å². The predicted octanol–water partition coefficient (Wildman–Crippen LogP) is 1.52. The fourth-order valence-corrected chi connectivity index (χ4v) is 1.45. The average Bonchev–Trinajstić information content (AvgIpc) is 2.27. The first-order valence-electron chi connectivity index (χ1n) is 5.06.